The van der Waals surface area contributed by atoms with Gasteiger partial charge in [-0.25, -0.2) is 0 Å². The van der Waals surface area contributed by atoms with Crippen molar-refractivity contribution in [2.45, 2.75) is 19.1 Å². The summed E-state index contributed by atoms with van der Waals surface area (Å²) in [5.41, 5.74) is 8.28. The standard InChI is InChI=1S/C18H18N2O3/c1-22-18(21)17(20)10-13-6-8-16(9-7-13)23-12-15-4-2-14(11-19)3-5-15/h2-9,17H,10,12,20H2,1H3/t17-/m0/s1. The van der Waals surface area contributed by atoms with Crippen molar-refractivity contribution >= 4 is 5.97 Å². The van der Waals surface area contributed by atoms with Gasteiger partial charge in [0.15, 0.2) is 0 Å². The first-order valence-corrected chi connectivity index (χ1v) is 7.16. The minimum Gasteiger partial charge on any atom is -0.489 e. The fraction of sp³-hybridized carbons (Fsp3) is 0.222. The van der Waals surface area contributed by atoms with E-state index < -0.39 is 12.0 Å². The Kier molecular flexibility index (Phi) is 5.73. The van der Waals surface area contributed by atoms with Gasteiger partial charge in [-0.1, -0.05) is 24.3 Å². The van der Waals surface area contributed by atoms with E-state index in [4.69, 9.17) is 15.7 Å². The highest BCUT2D eigenvalue weighted by Crippen LogP contribution is 2.15. The molecule has 5 nitrogen and oxygen atoms in total. The third-order valence-electron chi connectivity index (χ3n) is 3.37. The van der Waals surface area contributed by atoms with Crippen LogP contribution in [0.4, 0.5) is 0 Å². The molecule has 23 heavy (non-hydrogen) atoms. The summed E-state index contributed by atoms with van der Waals surface area (Å²) >= 11 is 0. The van der Waals surface area contributed by atoms with Crippen molar-refractivity contribution in [3.8, 4) is 11.8 Å². The first-order chi connectivity index (χ1) is 11.1. The van der Waals surface area contributed by atoms with Gasteiger partial charge in [-0.05, 0) is 41.8 Å². The van der Waals surface area contributed by atoms with Gasteiger partial charge >= 0.3 is 5.97 Å². The van der Waals surface area contributed by atoms with Gasteiger partial charge in [-0.3, -0.25) is 4.79 Å². The van der Waals surface area contributed by atoms with E-state index in [2.05, 4.69) is 10.8 Å². The molecule has 0 saturated heterocycles. The van der Waals surface area contributed by atoms with E-state index in [9.17, 15) is 4.79 Å². The molecule has 0 radical (unpaired) electrons. The molecule has 118 valence electrons. The lowest BCUT2D eigenvalue weighted by Gasteiger charge is -2.10. The summed E-state index contributed by atoms with van der Waals surface area (Å²) in [6.07, 6.45) is 0.419. The van der Waals surface area contributed by atoms with E-state index in [-0.39, 0.29) is 0 Å². The average Bonchev–Trinajstić information content (AvgIpc) is 2.60. The Labute approximate surface area is 135 Å². The van der Waals surface area contributed by atoms with Crippen LogP contribution in [0.3, 0.4) is 0 Å². The van der Waals surface area contributed by atoms with Crippen molar-refractivity contribution in [2.24, 2.45) is 5.73 Å². The predicted octanol–water partition coefficient (Wildman–Crippen LogP) is 2.18. The fourth-order valence-electron chi connectivity index (χ4n) is 2.05. The molecule has 2 aromatic rings. The Morgan fingerprint density at radius 1 is 1.13 bits per heavy atom. The molecule has 0 bridgehead atoms. The first-order valence-electron chi connectivity index (χ1n) is 7.16. The molecule has 0 heterocycles. The van der Waals surface area contributed by atoms with Crippen LogP contribution in [0, 0.1) is 11.3 Å². The molecule has 2 aromatic carbocycles. The van der Waals surface area contributed by atoms with E-state index >= 15 is 0 Å². The van der Waals surface area contributed by atoms with Crippen molar-refractivity contribution in [1.82, 2.24) is 0 Å². The van der Waals surface area contributed by atoms with E-state index in [0.717, 1.165) is 16.9 Å². The van der Waals surface area contributed by atoms with Crippen molar-refractivity contribution in [2.75, 3.05) is 7.11 Å². The van der Waals surface area contributed by atoms with Crippen molar-refractivity contribution in [3.05, 3.63) is 65.2 Å². The molecule has 0 aliphatic heterocycles. The van der Waals surface area contributed by atoms with Crippen LogP contribution >= 0.6 is 0 Å². The van der Waals surface area contributed by atoms with Crippen LogP contribution in [0.15, 0.2) is 48.5 Å². The molecule has 2 N–H and O–H groups in total. The van der Waals surface area contributed by atoms with Gasteiger partial charge in [-0.15, -0.1) is 0 Å². The van der Waals surface area contributed by atoms with Crippen LogP contribution in [0.2, 0.25) is 0 Å². The highest BCUT2D eigenvalue weighted by Gasteiger charge is 2.13. The average molecular weight is 310 g/mol. The quantitative estimate of drug-likeness (QED) is 0.827. The van der Waals surface area contributed by atoms with Gasteiger partial charge in [-0.2, -0.15) is 5.26 Å². The van der Waals surface area contributed by atoms with Crippen LogP contribution in [-0.4, -0.2) is 19.1 Å². The normalized spacial score (nSPS) is 11.3. The Morgan fingerprint density at radius 3 is 2.30 bits per heavy atom. The molecule has 0 amide bonds. The maximum Gasteiger partial charge on any atom is 0.322 e. The number of nitriles is 1. The summed E-state index contributed by atoms with van der Waals surface area (Å²) in [6.45, 7) is 0.423. The Morgan fingerprint density at radius 2 is 1.74 bits per heavy atom. The highest BCUT2D eigenvalue weighted by molar-refractivity contribution is 5.75. The van der Waals surface area contributed by atoms with E-state index in [1.165, 1.54) is 7.11 Å². The van der Waals surface area contributed by atoms with Crippen molar-refractivity contribution in [1.29, 1.82) is 5.26 Å². The number of benzene rings is 2. The largest absolute Gasteiger partial charge is 0.489 e. The molecule has 2 rings (SSSR count). The minimum atomic E-state index is -0.662. The van der Waals surface area contributed by atoms with E-state index in [0.29, 0.717) is 18.6 Å². The number of carbonyl (C=O) groups is 1. The number of nitrogens with zero attached hydrogens (tertiary/aromatic N) is 1. The lowest BCUT2D eigenvalue weighted by atomic mass is 10.1. The molecular weight excluding hydrogens is 292 g/mol. The molecule has 0 aliphatic carbocycles. The molecule has 1 atom stereocenters. The number of hydrogen-bond acceptors (Lipinski definition) is 5. The fourth-order valence-corrected chi connectivity index (χ4v) is 2.05. The third-order valence-corrected chi connectivity index (χ3v) is 3.37. The van der Waals surface area contributed by atoms with Crippen LogP contribution in [-0.2, 0) is 22.6 Å². The van der Waals surface area contributed by atoms with Crippen molar-refractivity contribution < 1.29 is 14.3 Å². The molecule has 0 aromatic heterocycles. The van der Waals surface area contributed by atoms with Crippen LogP contribution in [0.25, 0.3) is 0 Å². The van der Waals surface area contributed by atoms with Gasteiger partial charge in [0, 0.05) is 0 Å². The van der Waals surface area contributed by atoms with Gasteiger partial charge in [0.25, 0.3) is 0 Å². The lowest BCUT2D eigenvalue weighted by molar-refractivity contribution is -0.142. The topological polar surface area (TPSA) is 85.3 Å². The number of ether oxygens (including phenoxy) is 2. The number of hydrogen-bond donors (Lipinski definition) is 1. The minimum absolute atomic E-state index is 0.419. The van der Waals surface area contributed by atoms with E-state index in [1.807, 2.05) is 36.4 Å². The first kappa shape index (κ1) is 16.5. The predicted molar refractivity (Wildman–Crippen MR) is 85.6 cm³/mol. The molecule has 0 saturated carbocycles. The molecule has 0 fully saturated rings. The highest BCUT2D eigenvalue weighted by atomic mass is 16.5. The number of nitrogens with two attached hydrogens (primary N) is 1. The summed E-state index contributed by atoms with van der Waals surface area (Å²) in [7, 11) is 1.32. The molecular formula is C18H18N2O3. The monoisotopic (exact) mass is 310 g/mol. The summed E-state index contributed by atoms with van der Waals surface area (Å²) in [5.74, 6) is 0.302. The maximum absolute atomic E-state index is 11.3. The second-order valence-corrected chi connectivity index (χ2v) is 5.08. The molecule has 0 aliphatic rings. The summed E-state index contributed by atoms with van der Waals surface area (Å²) in [4.78, 5) is 11.3. The SMILES string of the molecule is COC(=O)[C@@H](N)Cc1ccc(OCc2ccc(C#N)cc2)cc1. The Hall–Kier alpha value is -2.84. The van der Waals surface area contributed by atoms with Crippen LogP contribution in [0.5, 0.6) is 5.75 Å². The van der Waals surface area contributed by atoms with Crippen molar-refractivity contribution in [3.63, 3.8) is 0 Å². The van der Waals surface area contributed by atoms with Gasteiger partial charge in [0.1, 0.15) is 18.4 Å². The number of methoxy groups -OCH3 is 1. The number of carbonyl (C=O) groups excluding carboxylic acids is 1. The molecule has 0 unspecified atom stereocenters. The zero-order valence-electron chi connectivity index (χ0n) is 12.9. The van der Waals surface area contributed by atoms with Crippen LogP contribution in [0.1, 0.15) is 16.7 Å². The Balaban J connectivity index is 1.89. The lowest BCUT2D eigenvalue weighted by Crippen LogP contribution is -2.33. The smallest absolute Gasteiger partial charge is 0.322 e. The zero-order chi connectivity index (χ0) is 16.7. The second kappa shape index (κ2) is 7.97. The molecule has 0 spiro atoms. The van der Waals surface area contributed by atoms with Gasteiger partial charge in [0.05, 0.1) is 18.7 Å². The molecule has 5 heteroatoms. The van der Waals surface area contributed by atoms with Gasteiger partial charge < -0.3 is 15.2 Å². The summed E-state index contributed by atoms with van der Waals surface area (Å²) in [5, 5.41) is 8.76. The number of rotatable bonds is 6. The third kappa shape index (κ3) is 4.83. The maximum atomic E-state index is 11.3. The van der Waals surface area contributed by atoms with Crippen LogP contribution < -0.4 is 10.5 Å². The summed E-state index contributed by atoms with van der Waals surface area (Å²) < 4.78 is 10.3. The zero-order valence-corrected chi connectivity index (χ0v) is 12.9. The summed E-state index contributed by atoms with van der Waals surface area (Å²) in [6, 6.07) is 16.1. The Bertz CT molecular complexity index is 688. The second-order valence-electron chi connectivity index (χ2n) is 5.08. The van der Waals surface area contributed by atoms with Gasteiger partial charge in [0.2, 0.25) is 0 Å². The number of esters is 1. The van der Waals surface area contributed by atoms with E-state index in [1.54, 1.807) is 12.1 Å².